The van der Waals surface area contributed by atoms with Gasteiger partial charge in [-0.1, -0.05) is 6.07 Å². The molecule has 1 aromatic carbocycles. The van der Waals surface area contributed by atoms with Crippen LogP contribution >= 0.6 is 0 Å². The largest absolute Gasteiger partial charge is 0.496 e. The van der Waals surface area contributed by atoms with Crippen molar-refractivity contribution in [2.45, 2.75) is 51.3 Å². The molecule has 0 spiro atoms. The summed E-state index contributed by atoms with van der Waals surface area (Å²) in [5.41, 5.74) is 2.99. The summed E-state index contributed by atoms with van der Waals surface area (Å²) in [5, 5.41) is 21.4. The zero-order valence-corrected chi connectivity index (χ0v) is 21.6. The van der Waals surface area contributed by atoms with Gasteiger partial charge in [0.15, 0.2) is 5.82 Å². The van der Waals surface area contributed by atoms with Gasteiger partial charge in [-0.2, -0.15) is 0 Å². The third-order valence-corrected chi connectivity index (χ3v) is 7.70. The van der Waals surface area contributed by atoms with E-state index in [9.17, 15) is 14.7 Å². The zero-order chi connectivity index (χ0) is 26.4. The van der Waals surface area contributed by atoms with E-state index in [0.717, 1.165) is 29.8 Å². The van der Waals surface area contributed by atoms with E-state index in [2.05, 4.69) is 32.0 Å². The van der Waals surface area contributed by atoms with Crippen molar-refractivity contribution >= 4 is 17.8 Å². The molecule has 2 aromatic heterocycles. The van der Waals surface area contributed by atoms with Crippen molar-refractivity contribution in [3.63, 3.8) is 0 Å². The molecule has 2 atom stereocenters. The highest BCUT2D eigenvalue weighted by molar-refractivity contribution is 6.06. The van der Waals surface area contributed by atoms with Crippen LogP contribution in [0.5, 0.6) is 5.75 Å². The Balaban J connectivity index is 1.22. The molecule has 0 saturated carbocycles. The molecule has 3 aliphatic rings. The number of β-amino-alcohol motifs (C(OH)–C–C–N with tert-alkyl or cyclic N) is 1. The number of anilines is 1. The van der Waals surface area contributed by atoms with Crippen molar-refractivity contribution in [2.75, 3.05) is 32.1 Å². The highest BCUT2D eigenvalue weighted by Gasteiger charge is 2.31. The van der Waals surface area contributed by atoms with Crippen molar-refractivity contribution in [3.8, 4) is 17.3 Å². The van der Waals surface area contributed by atoms with E-state index in [1.165, 1.54) is 0 Å². The molecule has 0 aliphatic carbocycles. The number of aryl methyl sites for hydroxylation is 1. The summed E-state index contributed by atoms with van der Waals surface area (Å²) in [4.78, 5) is 34.5. The number of nitrogens with zero attached hydrogens (tertiary/aromatic N) is 6. The van der Waals surface area contributed by atoms with Crippen molar-refractivity contribution in [1.29, 1.82) is 0 Å². The van der Waals surface area contributed by atoms with Gasteiger partial charge in [-0.05, 0) is 61.6 Å². The van der Waals surface area contributed by atoms with Gasteiger partial charge in [0.05, 0.1) is 18.8 Å². The first-order valence-corrected chi connectivity index (χ1v) is 13.1. The number of methoxy groups -OCH3 is 1. The smallest absolute Gasteiger partial charge is 0.320 e. The molecule has 2 N–H and O–H groups in total. The normalized spacial score (nSPS) is 20.3. The summed E-state index contributed by atoms with van der Waals surface area (Å²) in [6, 6.07) is 9.35. The quantitative estimate of drug-likeness (QED) is 0.545. The predicted octanol–water partition coefficient (Wildman–Crippen LogP) is 2.65. The summed E-state index contributed by atoms with van der Waals surface area (Å²) in [5.74, 6) is 2.18. The van der Waals surface area contributed by atoms with Gasteiger partial charge in [0.25, 0.3) is 5.91 Å². The number of pyridine rings is 1. The maximum atomic E-state index is 13.4. The predicted molar refractivity (Wildman–Crippen MR) is 139 cm³/mol. The molecule has 0 bridgehead atoms. The molecule has 1 saturated heterocycles. The van der Waals surface area contributed by atoms with E-state index in [-0.39, 0.29) is 11.9 Å². The van der Waals surface area contributed by atoms with Crippen LogP contribution in [0, 0.1) is 0 Å². The minimum absolute atomic E-state index is 0.0793. The average molecular weight is 518 g/mol. The number of carbonyl (C=O) groups is 2. The molecule has 11 nitrogen and oxygen atoms in total. The SMILES string of the molecule is COc1cc2c(cc1C(=O)Nc1cccc(-c3nnc4n3[C@H](C)CC4)n1)CN(C(=O)N1CC[C@@H](O)C1)CC2. The molecule has 11 heteroatoms. The summed E-state index contributed by atoms with van der Waals surface area (Å²) in [6.07, 6.45) is 2.73. The van der Waals surface area contributed by atoms with E-state index in [1.807, 2.05) is 18.2 Å². The van der Waals surface area contributed by atoms with Gasteiger partial charge < -0.3 is 29.5 Å². The van der Waals surface area contributed by atoms with Gasteiger partial charge in [0.2, 0.25) is 0 Å². The van der Waals surface area contributed by atoms with Crippen molar-refractivity contribution < 1.29 is 19.4 Å². The van der Waals surface area contributed by atoms with Gasteiger partial charge in [0, 0.05) is 38.6 Å². The van der Waals surface area contributed by atoms with Crippen molar-refractivity contribution in [3.05, 3.63) is 52.8 Å². The number of aromatic nitrogens is 4. The molecule has 3 aliphatic heterocycles. The Kier molecular flexibility index (Phi) is 6.22. The maximum Gasteiger partial charge on any atom is 0.320 e. The number of ether oxygens (including phenoxy) is 1. The third kappa shape index (κ3) is 4.36. The lowest BCUT2D eigenvalue weighted by atomic mass is 9.96. The Bertz CT molecular complexity index is 1400. The summed E-state index contributed by atoms with van der Waals surface area (Å²) >= 11 is 0. The summed E-state index contributed by atoms with van der Waals surface area (Å²) in [7, 11) is 1.54. The van der Waals surface area contributed by atoms with E-state index in [0.29, 0.717) is 73.7 Å². The second-order valence-corrected chi connectivity index (χ2v) is 10.2. The molecule has 198 valence electrons. The third-order valence-electron chi connectivity index (χ3n) is 7.70. The fourth-order valence-electron chi connectivity index (χ4n) is 5.62. The Morgan fingerprint density at radius 3 is 2.74 bits per heavy atom. The number of urea groups is 1. The topological polar surface area (TPSA) is 126 Å². The molecule has 3 amide bonds. The van der Waals surface area contributed by atoms with Crippen LogP contribution in [0.4, 0.5) is 10.6 Å². The lowest BCUT2D eigenvalue weighted by molar-refractivity contribution is 0.102. The number of fused-ring (bicyclic) bond motifs is 2. The molecule has 3 aromatic rings. The average Bonchev–Trinajstić information content (AvgIpc) is 3.65. The van der Waals surface area contributed by atoms with Gasteiger partial charge in [-0.25, -0.2) is 9.78 Å². The lowest BCUT2D eigenvalue weighted by Crippen LogP contribution is -2.44. The van der Waals surface area contributed by atoms with E-state index in [4.69, 9.17) is 4.74 Å². The monoisotopic (exact) mass is 517 g/mol. The fraction of sp³-hybridized carbons (Fsp3) is 0.444. The Morgan fingerprint density at radius 1 is 1.08 bits per heavy atom. The standard InChI is InChI=1S/C27H31N7O4/c1-16-6-7-24-30-31-25(34(16)24)21-4-3-5-23(28-21)29-26(36)20-12-18-14-32(10-8-17(18)13-22(20)38-2)27(37)33-11-9-19(35)15-33/h3-5,12-13,16,19,35H,6-11,14-15H2,1-2H3,(H,28,29,36)/t16-,19-/m1/s1. The number of benzene rings is 1. The highest BCUT2D eigenvalue weighted by atomic mass is 16.5. The number of aliphatic hydroxyl groups excluding tert-OH is 1. The van der Waals surface area contributed by atoms with Crippen LogP contribution < -0.4 is 10.1 Å². The van der Waals surface area contributed by atoms with E-state index in [1.54, 1.807) is 29.0 Å². The fourth-order valence-corrected chi connectivity index (χ4v) is 5.62. The van der Waals surface area contributed by atoms with Crippen LogP contribution in [0.3, 0.4) is 0 Å². The molecular formula is C27H31N7O4. The molecule has 0 radical (unpaired) electrons. The number of carbonyl (C=O) groups excluding carboxylic acids is 2. The molecule has 0 unspecified atom stereocenters. The number of nitrogens with one attached hydrogen (secondary N) is 1. The Labute approximate surface area is 220 Å². The van der Waals surface area contributed by atoms with Gasteiger partial charge in [-0.3, -0.25) is 4.79 Å². The Morgan fingerprint density at radius 2 is 1.95 bits per heavy atom. The highest BCUT2D eigenvalue weighted by Crippen LogP contribution is 2.31. The first-order chi connectivity index (χ1) is 18.4. The number of hydrogen-bond acceptors (Lipinski definition) is 7. The van der Waals surface area contributed by atoms with Crippen LogP contribution in [0.1, 0.15) is 53.1 Å². The van der Waals surface area contributed by atoms with Crippen LogP contribution in [0.25, 0.3) is 11.5 Å². The van der Waals surface area contributed by atoms with Crippen LogP contribution in [-0.2, 0) is 19.4 Å². The van der Waals surface area contributed by atoms with E-state index < -0.39 is 6.10 Å². The first kappa shape index (κ1) is 24.4. The van der Waals surface area contributed by atoms with Crippen LogP contribution in [-0.4, -0.2) is 79.4 Å². The second kappa shape index (κ2) is 9.71. The number of rotatable bonds is 4. The first-order valence-electron chi connectivity index (χ1n) is 13.1. The summed E-state index contributed by atoms with van der Waals surface area (Å²) in [6.45, 7) is 4.04. The minimum Gasteiger partial charge on any atom is -0.496 e. The van der Waals surface area contributed by atoms with E-state index >= 15 is 0 Å². The molecule has 5 heterocycles. The Hall–Kier alpha value is -3.99. The molecule has 1 fully saturated rings. The zero-order valence-electron chi connectivity index (χ0n) is 21.6. The van der Waals surface area contributed by atoms with Crippen molar-refractivity contribution in [1.82, 2.24) is 29.5 Å². The lowest BCUT2D eigenvalue weighted by Gasteiger charge is -2.32. The number of amides is 3. The van der Waals surface area contributed by atoms with Crippen LogP contribution in [0.2, 0.25) is 0 Å². The van der Waals surface area contributed by atoms with Gasteiger partial charge >= 0.3 is 6.03 Å². The van der Waals surface area contributed by atoms with Crippen LogP contribution in [0.15, 0.2) is 30.3 Å². The number of hydrogen-bond donors (Lipinski definition) is 2. The maximum absolute atomic E-state index is 13.4. The van der Waals surface area contributed by atoms with Gasteiger partial charge in [-0.15, -0.1) is 10.2 Å². The molecule has 38 heavy (non-hydrogen) atoms. The number of likely N-dealkylation sites (tertiary alicyclic amines) is 1. The number of aliphatic hydroxyl groups is 1. The van der Waals surface area contributed by atoms with Gasteiger partial charge in [0.1, 0.15) is 23.1 Å². The molecule has 6 rings (SSSR count). The minimum atomic E-state index is -0.461. The summed E-state index contributed by atoms with van der Waals surface area (Å²) < 4.78 is 7.67. The molecular weight excluding hydrogens is 486 g/mol. The van der Waals surface area contributed by atoms with Crippen molar-refractivity contribution in [2.24, 2.45) is 0 Å². The second-order valence-electron chi connectivity index (χ2n) is 10.2.